The molecule has 0 saturated carbocycles. The van der Waals surface area contributed by atoms with E-state index >= 15 is 0 Å². The van der Waals surface area contributed by atoms with Crippen molar-refractivity contribution in [2.45, 2.75) is 19.9 Å². The smallest absolute Gasteiger partial charge is 0.227 e. The van der Waals surface area contributed by atoms with Crippen molar-refractivity contribution in [1.82, 2.24) is 19.5 Å². The normalized spacial score (nSPS) is 10.8. The Balaban J connectivity index is 1.24. The molecule has 6 rings (SSSR count). The fourth-order valence-electron chi connectivity index (χ4n) is 4.81. The standard InChI is InChI=1S/C34H28N6OS/c1-24-30(22-35)32(27-11-5-10-26(20-27)25-8-3-2-4-9-25)33(42-24)31-14-15-37-34(39-31)38-28-12-6-13-29(21-28)41-19-7-17-40-18-16-36-23-40/h2-6,8-16,18,20-21,23H,7,17,19H2,1H3,(H,37,38,39). The van der Waals surface area contributed by atoms with Crippen LogP contribution in [0.3, 0.4) is 0 Å². The van der Waals surface area contributed by atoms with E-state index in [4.69, 9.17) is 9.72 Å². The van der Waals surface area contributed by atoms with E-state index < -0.39 is 0 Å². The molecule has 0 aliphatic heterocycles. The number of thiophene rings is 1. The number of hydrogen-bond acceptors (Lipinski definition) is 7. The van der Waals surface area contributed by atoms with Crippen molar-refractivity contribution in [1.29, 1.82) is 5.26 Å². The van der Waals surface area contributed by atoms with E-state index in [1.165, 1.54) is 0 Å². The molecule has 0 fully saturated rings. The highest BCUT2D eigenvalue weighted by Gasteiger charge is 2.20. The van der Waals surface area contributed by atoms with E-state index in [0.717, 1.165) is 62.1 Å². The number of imidazole rings is 1. The average Bonchev–Trinajstić information content (AvgIpc) is 3.67. The van der Waals surface area contributed by atoms with Gasteiger partial charge in [-0.1, -0.05) is 54.6 Å². The van der Waals surface area contributed by atoms with Gasteiger partial charge in [0.2, 0.25) is 5.95 Å². The van der Waals surface area contributed by atoms with Crippen molar-refractivity contribution in [3.63, 3.8) is 0 Å². The number of aromatic nitrogens is 4. The molecule has 0 radical (unpaired) electrons. The first kappa shape index (κ1) is 26.9. The number of nitrogens with zero attached hydrogens (tertiary/aromatic N) is 5. The molecule has 7 nitrogen and oxygen atoms in total. The molecule has 3 aromatic heterocycles. The summed E-state index contributed by atoms with van der Waals surface area (Å²) in [6.45, 7) is 3.44. The second kappa shape index (κ2) is 12.5. The van der Waals surface area contributed by atoms with Crippen LogP contribution in [0.5, 0.6) is 5.75 Å². The molecule has 206 valence electrons. The van der Waals surface area contributed by atoms with Crippen molar-refractivity contribution in [2.24, 2.45) is 0 Å². The highest BCUT2D eigenvalue weighted by Crippen LogP contribution is 2.43. The van der Waals surface area contributed by atoms with Gasteiger partial charge in [-0.05, 0) is 54.3 Å². The van der Waals surface area contributed by atoms with Crippen LogP contribution in [0.4, 0.5) is 11.6 Å². The average molecular weight is 569 g/mol. The number of ether oxygens (including phenoxy) is 1. The molecule has 0 atom stereocenters. The number of rotatable bonds is 10. The maximum atomic E-state index is 10.1. The molecule has 3 aromatic carbocycles. The Hall–Kier alpha value is -5.26. The van der Waals surface area contributed by atoms with Gasteiger partial charge in [0.05, 0.1) is 29.1 Å². The minimum Gasteiger partial charge on any atom is -0.493 e. The second-order valence-corrected chi connectivity index (χ2v) is 10.9. The lowest BCUT2D eigenvalue weighted by molar-refractivity contribution is 0.302. The second-order valence-electron chi connectivity index (χ2n) is 9.72. The van der Waals surface area contributed by atoms with Gasteiger partial charge in [-0.25, -0.2) is 15.0 Å². The first-order valence-electron chi connectivity index (χ1n) is 13.7. The molecule has 0 spiro atoms. The zero-order chi connectivity index (χ0) is 28.7. The Morgan fingerprint density at radius 2 is 1.76 bits per heavy atom. The summed E-state index contributed by atoms with van der Waals surface area (Å²) < 4.78 is 8.00. The molecule has 3 heterocycles. The summed E-state index contributed by atoms with van der Waals surface area (Å²) >= 11 is 1.58. The van der Waals surface area contributed by atoms with Crippen LogP contribution in [0.15, 0.2) is 110 Å². The van der Waals surface area contributed by atoms with Gasteiger partial charge in [0.1, 0.15) is 11.8 Å². The monoisotopic (exact) mass is 568 g/mol. The zero-order valence-corrected chi connectivity index (χ0v) is 23.9. The largest absolute Gasteiger partial charge is 0.493 e. The third kappa shape index (κ3) is 6.07. The Morgan fingerprint density at radius 1 is 0.929 bits per heavy atom. The molecule has 0 amide bonds. The van der Waals surface area contributed by atoms with Gasteiger partial charge in [0.25, 0.3) is 0 Å². The lowest BCUT2D eigenvalue weighted by Gasteiger charge is -2.11. The van der Waals surface area contributed by atoms with Crippen LogP contribution in [0.25, 0.3) is 32.8 Å². The van der Waals surface area contributed by atoms with Crippen molar-refractivity contribution in [2.75, 3.05) is 11.9 Å². The summed E-state index contributed by atoms with van der Waals surface area (Å²) in [4.78, 5) is 15.3. The topological polar surface area (TPSA) is 88.7 Å². The van der Waals surface area contributed by atoms with Crippen molar-refractivity contribution in [3.05, 3.63) is 120 Å². The first-order chi connectivity index (χ1) is 20.7. The Bertz CT molecular complexity index is 1840. The van der Waals surface area contributed by atoms with Crippen LogP contribution in [-0.2, 0) is 6.54 Å². The summed E-state index contributed by atoms with van der Waals surface area (Å²) in [6, 6.07) is 30.7. The maximum absolute atomic E-state index is 10.1. The minimum absolute atomic E-state index is 0.471. The predicted molar refractivity (Wildman–Crippen MR) is 168 cm³/mol. The highest BCUT2D eigenvalue weighted by atomic mass is 32.1. The van der Waals surface area contributed by atoms with Crippen LogP contribution in [-0.4, -0.2) is 26.1 Å². The summed E-state index contributed by atoms with van der Waals surface area (Å²) in [5.41, 5.74) is 6.37. The fraction of sp³-hybridized carbons (Fsp3) is 0.118. The minimum atomic E-state index is 0.471. The van der Waals surface area contributed by atoms with Crippen LogP contribution in [0.2, 0.25) is 0 Å². The van der Waals surface area contributed by atoms with Crippen LogP contribution >= 0.6 is 11.3 Å². The van der Waals surface area contributed by atoms with Gasteiger partial charge < -0.3 is 14.6 Å². The van der Waals surface area contributed by atoms with E-state index in [-0.39, 0.29) is 0 Å². The Kier molecular flexibility index (Phi) is 8.02. The molecule has 1 N–H and O–H groups in total. The lowest BCUT2D eigenvalue weighted by atomic mass is 9.96. The van der Waals surface area contributed by atoms with Gasteiger partial charge in [0, 0.05) is 47.3 Å². The number of aryl methyl sites for hydroxylation is 2. The Morgan fingerprint density at radius 3 is 2.60 bits per heavy atom. The van der Waals surface area contributed by atoms with Crippen LogP contribution in [0, 0.1) is 18.3 Å². The predicted octanol–water partition coefficient (Wildman–Crippen LogP) is 8.13. The zero-order valence-electron chi connectivity index (χ0n) is 23.1. The molecular weight excluding hydrogens is 540 g/mol. The third-order valence-corrected chi connectivity index (χ3v) is 7.95. The SMILES string of the molecule is Cc1sc(-c2ccnc(Nc3cccc(OCCCn4ccnc4)c3)n2)c(-c2cccc(-c3ccccc3)c2)c1C#N. The van der Waals surface area contributed by atoms with Gasteiger partial charge >= 0.3 is 0 Å². The lowest BCUT2D eigenvalue weighted by Crippen LogP contribution is -2.03. The number of benzene rings is 3. The van der Waals surface area contributed by atoms with Crippen LogP contribution < -0.4 is 10.1 Å². The molecule has 0 bridgehead atoms. The van der Waals surface area contributed by atoms with Gasteiger partial charge in [0.15, 0.2) is 0 Å². The van der Waals surface area contributed by atoms with E-state index in [9.17, 15) is 5.26 Å². The van der Waals surface area contributed by atoms with Crippen molar-refractivity contribution >= 4 is 23.0 Å². The third-order valence-electron chi connectivity index (χ3n) is 6.82. The molecule has 0 aliphatic rings. The molecule has 42 heavy (non-hydrogen) atoms. The van der Waals surface area contributed by atoms with E-state index in [2.05, 4.69) is 51.7 Å². The molecule has 0 unspecified atom stereocenters. The van der Waals surface area contributed by atoms with Crippen LogP contribution in [0.1, 0.15) is 16.9 Å². The number of nitrogens with one attached hydrogen (secondary N) is 1. The van der Waals surface area contributed by atoms with E-state index in [1.807, 2.05) is 78.6 Å². The van der Waals surface area contributed by atoms with E-state index in [1.54, 1.807) is 23.7 Å². The number of anilines is 2. The maximum Gasteiger partial charge on any atom is 0.227 e. The summed E-state index contributed by atoms with van der Waals surface area (Å²) in [5, 5.41) is 13.4. The molecule has 8 heteroatoms. The summed E-state index contributed by atoms with van der Waals surface area (Å²) in [7, 11) is 0. The Labute approximate surface area is 248 Å². The van der Waals surface area contributed by atoms with Gasteiger partial charge in [-0.3, -0.25) is 0 Å². The highest BCUT2D eigenvalue weighted by molar-refractivity contribution is 7.16. The summed E-state index contributed by atoms with van der Waals surface area (Å²) in [6.07, 6.45) is 8.15. The van der Waals surface area contributed by atoms with Crippen molar-refractivity contribution < 1.29 is 4.74 Å². The molecular formula is C34H28N6OS. The number of hydrogen-bond donors (Lipinski definition) is 1. The molecule has 0 aliphatic carbocycles. The van der Waals surface area contributed by atoms with E-state index in [0.29, 0.717) is 18.1 Å². The van der Waals surface area contributed by atoms with Gasteiger partial charge in [-0.15, -0.1) is 11.3 Å². The fourth-order valence-corrected chi connectivity index (χ4v) is 5.91. The quantitative estimate of drug-likeness (QED) is 0.168. The first-order valence-corrected chi connectivity index (χ1v) is 14.5. The molecule has 6 aromatic rings. The van der Waals surface area contributed by atoms with Gasteiger partial charge in [-0.2, -0.15) is 5.26 Å². The number of nitriles is 1. The molecule has 0 saturated heterocycles. The van der Waals surface area contributed by atoms with Crippen molar-refractivity contribution in [3.8, 4) is 44.6 Å². The summed E-state index contributed by atoms with van der Waals surface area (Å²) in [5.74, 6) is 1.24.